The van der Waals surface area contributed by atoms with Crippen LogP contribution in [0.3, 0.4) is 0 Å². The third-order valence-corrected chi connectivity index (χ3v) is 4.42. The molecule has 0 spiro atoms. The van der Waals surface area contributed by atoms with E-state index in [1.807, 2.05) is 11.7 Å². The number of aryl methyl sites for hydroxylation is 3. The molecule has 0 amide bonds. The van der Waals surface area contributed by atoms with Crippen LogP contribution in [-0.2, 0) is 24.6 Å². The van der Waals surface area contributed by atoms with E-state index in [0.717, 1.165) is 48.4 Å². The van der Waals surface area contributed by atoms with Crippen molar-refractivity contribution in [1.29, 1.82) is 0 Å². The van der Waals surface area contributed by atoms with E-state index in [9.17, 15) is 0 Å². The van der Waals surface area contributed by atoms with Gasteiger partial charge in [0.2, 0.25) is 0 Å². The first-order valence-electron chi connectivity index (χ1n) is 7.21. The second-order valence-electron chi connectivity index (χ2n) is 5.42. The molecule has 1 saturated carbocycles. The number of methoxy groups -OCH3 is 1. The van der Waals surface area contributed by atoms with E-state index >= 15 is 0 Å². The Balaban J connectivity index is 2.07. The molecular formula is C14H21ClN4O. The molecule has 0 N–H and O–H groups in total. The van der Waals surface area contributed by atoms with Crippen LogP contribution in [0.15, 0.2) is 0 Å². The van der Waals surface area contributed by atoms with E-state index in [2.05, 4.69) is 16.6 Å². The number of halogens is 1. The minimum Gasteiger partial charge on any atom is -0.381 e. The number of imidazole rings is 1. The maximum absolute atomic E-state index is 5.94. The Morgan fingerprint density at radius 2 is 2.15 bits per heavy atom. The van der Waals surface area contributed by atoms with Crippen LogP contribution in [0.5, 0.6) is 0 Å². The quantitative estimate of drug-likeness (QED) is 0.796. The second-order valence-corrected chi connectivity index (χ2v) is 5.79. The van der Waals surface area contributed by atoms with Crippen LogP contribution in [0.4, 0.5) is 0 Å². The van der Waals surface area contributed by atoms with Gasteiger partial charge in [0.15, 0.2) is 5.65 Å². The fraction of sp³-hybridized carbons (Fsp3) is 0.714. The minimum absolute atomic E-state index is 0.375. The SMILES string of the molecule is CCc1nn(C)c2c1nc(CCCl)n2C1CC(OC)C1. The average Bonchev–Trinajstić information content (AvgIpc) is 2.88. The molecule has 0 unspecified atom stereocenters. The lowest BCUT2D eigenvalue weighted by Gasteiger charge is -2.36. The van der Waals surface area contributed by atoms with Crippen LogP contribution in [0, 0.1) is 0 Å². The number of fused-ring (bicyclic) bond motifs is 1. The molecule has 0 bridgehead atoms. The van der Waals surface area contributed by atoms with Gasteiger partial charge in [0.05, 0.1) is 11.8 Å². The molecule has 2 heterocycles. The van der Waals surface area contributed by atoms with Crippen molar-refractivity contribution in [1.82, 2.24) is 19.3 Å². The summed E-state index contributed by atoms with van der Waals surface area (Å²) in [6.45, 7) is 2.12. The average molecular weight is 297 g/mol. The Hall–Kier alpha value is -1.07. The lowest BCUT2D eigenvalue weighted by Crippen LogP contribution is -2.33. The second kappa shape index (κ2) is 5.37. The topological polar surface area (TPSA) is 44.9 Å². The van der Waals surface area contributed by atoms with Gasteiger partial charge in [-0.25, -0.2) is 4.98 Å². The summed E-state index contributed by atoms with van der Waals surface area (Å²) < 4.78 is 9.69. The summed E-state index contributed by atoms with van der Waals surface area (Å²) in [6, 6.07) is 0.461. The highest BCUT2D eigenvalue weighted by atomic mass is 35.5. The zero-order valence-corrected chi connectivity index (χ0v) is 13.0. The highest BCUT2D eigenvalue weighted by Gasteiger charge is 2.34. The van der Waals surface area contributed by atoms with E-state index in [4.69, 9.17) is 21.3 Å². The van der Waals surface area contributed by atoms with Gasteiger partial charge in [0.25, 0.3) is 0 Å². The zero-order valence-electron chi connectivity index (χ0n) is 12.3. The first-order chi connectivity index (χ1) is 9.69. The molecule has 3 rings (SSSR count). The fourth-order valence-electron chi connectivity index (χ4n) is 3.07. The number of nitrogens with zero attached hydrogens (tertiary/aromatic N) is 4. The molecule has 0 atom stereocenters. The Labute approximate surface area is 123 Å². The Bertz CT molecular complexity index is 612. The standard InChI is InChI=1S/C14H21ClN4O/c1-4-11-13-14(18(2)17-11)19(12(16-13)5-6-15)9-7-10(8-9)20-3/h9-10H,4-8H2,1-3H3. The molecule has 0 aromatic carbocycles. The van der Waals surface area contributed by atoms with Crippen LogP contribution >= 0.6 is 11.6 Å². The monoisotopic (exact) mass is 296 g/mol. The molecule has 1 aliphatic rings. The smallest absolute Gasteiger partial charge is 0.158 e. The van der Waals surface area contributed by atoms with E-state index < -0.39 is 0 Å². The molecule has 20 heavy (non-hydrogen) atoms. The number of rotatable bonds is 5. The molecule has 1 fully saturated rings. The van der Waals surface area contributed by atoms with E-state index in [1.54, 1.807) is 7.11 Å². The third kappa shape index (κ3) is 2.04. The minimum atomic E-state index is 0.375. The van der Waals surface area contributed by atoms with Crippen molar-refractivity contribution in [2.75, 3.05) is 13.0 Å². The maximum Gasteiger partial charge on any atom is 0.158 e. The summed E-state index contributed by atoms with van der Waals surface area (Å²) >= 11 is 5.94. The van der Waals surface area contributed by atoms with E-state index in [-0.39, 0.29) is 0 Å². The largest absolute Gasteiger partial charge is 0.381 e. The predicted octanol–water partition coefficient (Wildman–Crippen LogP) is 2.46. The molecule has 1 aliphatic carbocycles. The summed E-state index contributed by atoms with van der Waals surface area (Å²) in [7, 11) is 3.78. The first kappa shape index (κ1) is 13.9. The lowest BCUT2D eigenvalue weighted by molar-refractivity contribution is 0.00634. The number of aromatic nitrogens is 4. The van der Waals surface area contributed by atoms with Gasteiger partial charge in [-0.1, -0.05) is 6.92 Å². The third-order valence-electron chi connectivity index (χ3n) is 4.23. The molecule has 0 radical (unpaired) electrons. The lowest BCUT2D eigenvalue weighted by atomic mass is 9.89. The van der Waals surface area contributed by atoms with Crippen LogP contribution in [-0.4, -0.2) is 38.4 Å². The van der Waals surface area contributed by atoms with Gasteiger partial charge in [-0.15, -0.1) is 11.6 Å². The molecule has 2 aromatic rings. The van der Waals surface area contributed by atoms with Crippen molar-refractivity contribution in [3.8, 4) is 0 Å². The summed E-state index contributed by atoms with van der Waals surface area (Å²) in [4.78, 5) is 4.80. The van der Waals surface area contributed by atoms with Gasteiger partial charge in [0, 0.05) is 32.5 Å². The van der Waals surface area contributed by atoms with Gasteiger partial charge in [-0.3, -0.25) is 4.68 Å². The van der Waals surface area contributed by atoms with Gasteiger partial charge in [-0.2, -0.15) is 5.10 Å². The van der Waals surface area contributed by atoms with Gasteiger partial charge in [-0.05, 0) is 19.3 Å². The predicted molar refractivity (Wildman–Crippen MR) is 79.4 cm³/mol. The molecule has 110 valence electrons. The summed E-state index contributed by atoms with van der Waals surface area (Å²) in [6.07, 6.45) is 4.17. The summed E-state index contributed by atoms with van der Waals surface area (Å²) in [5, 5.41) is 4.58. The zero-order chi connectivity index (χ0) is 14.3. The van der Waals surface area contributed by atoms with Crippen LogP contribution in [0.1, 0.15) is 37.3 Å². The Kier molecular flexibility index (Phi) is 3.73. The summed E-state index contributed by atoms with van der Waals surface area (Å²) in [5.74, 6) is 1.68. The fourth-order valence-corrected chi connectivity index (χ4v) is 3.24. The van der Waals surface area contributed by atoms with E-state index in [1.165, 1.54) is 0 Å². The highest BCUT2D eigenvalue weighted by Crippen LogP contribution is 2.38. The molecule has 2 aromatic heterocycles. The highest BCUT2D eigenvalue weighted by molar-refractivity contribution is 6.17. The van der Waals surface area contributed by atoms with Crippen molar-refractivity contribution >= 4 is 22.8 Å². The molecule has 0 aliphatic heterocycles. The maximum atomic E-state index is 5.94. The molecular weight excluding hydrogens is 276 g/mol. The first-order valence-corrected chi connectivity index (χ1v) is 7.74. The van der Waals surface area contributed by atoms with Crippen molar-refractivity contribution in [3.05, 3.63) is 11.5 Å². The van der Waals surface area contributed by atoms with Gasteiger partial charge in [0.1, 0.15) is 11.3 Å². The van der Waals surface area contributed by atoms with E-state index in [0.29, 0.717) is 18.0 Å². The van der Waals surface area contributed by atoms with Crippen LogP contribution in [0.2, 0.25) is 0 Å². The molecule has 5 nitrogen and oxygen atoms in total. The normalized spacial score (nSPS) is 22.4. The number of ether oxygens (including phenoxy) is 1. The number of alkyl halides is 1. The van der Waals surface area contributed by atoms with Crippen molar-refractivity contribution in [3.63, 3.8) is 0 Å². The van der Waals surface area contributed by atoms with Crippen molar-refractivity contribution in [2.45, 2.75) is 44.8 Å². The Morgan fingerprint density at radius 1 is 1.40 bits per heavy atom. The van der Waals surface area contributed by atoms with Crippen LogP contribution < -0.4 is 0 Å². The van der Waals surface area contributed by atoms with Gasteiger partial charge >= 0.3 is 0 Å². The van der Waals surface area contributed by atoms with Crippen LogP contribution in [0.25, 0.3) is 11.2 Å². The van der Waals surface area contributed by atoms with Crippen molar-refractivity contribution < 1.29 is 4.74 Å². The Morgan fingerprint density at radius 3 is 2.75 bits per heavy atom. The number of hydrogen-bond acceptors (Lipinski definition) is 3. The number of hydrogen-bond donors (Lipinski definition) is 0. The van der Waals surface area contributed by atoms with Crippen molar-refractivity contribution in [2.24, 2.45) is 7.05 Å². The van der Waals surface area contributed by atoms with Gasteiger partial charge < -0.3 is 9.30 Å². The molecule has 0 saturated heterocycles. The summed E-state index contributed by atoms with van der Waals surface area (Å²) in [5.41, 5.74) is 3.23. The molecule has 6 heteroatoms.